The van der Waals surface area contributed by atoms with Gasteiger partial charge in [-0.15, -0.1) is 0 Å². The molecule has 5 heteroatoms. The van der Waals surface area contributed by atoms with Crippen molar-refractivity contribution in [3.8, 4) is 0 Å². The lowest BCUT2D eigenvalue weighted by Crippen LogP contribution is -2.51. The Bertz CT molecular complexity index is 913. The van der Waals surface area contributed by atoms with Gasteiger partial charge in [0.05, 0.1) is 16.0 Å². The van der Waals surface area contributed by atoms with Crippen LogP contribution < -0.4 is 0 Å². The second-order valence-electron chi connectivity index (χ2n) is 7.14. The molecule has 1 amide bonds. The zero-order valence-electron chi connectivity index (χ0n) is 14.3. The number of allylic oxidation sites excluding steroid dienone is 1. The normalized spacial score (nSPS) is 31.4. The van der Waals surface area contributed by atoms with E-state index >= 15 is 0 Å². The Morgan fingerprint density at radius 1 is 1.16 bits per heavy atom. The Labute approximate surface area is 160 Å². The number of nitrogens with zero attached hydrogens (tertiary/aromatic N) is 1. The summed E-state index contributed by atoms with van der Waals surface area (Å²) in [4.78, 5) is 40.0. The van der Waals surface area contributed by atoms with Gasteiger partial charge in [0.15, 0.2) is 11.6 Å². The molecule has 3 atom stereocenters. The van der Waals surface area contributed by atoms with Crippen LogP contribution in [0.25, 0.3) is 5.57 Å². The predicted molar refractivity (Wildman–Crippen MR) is 103 cm³/mol. The van der Waals surface area contributed by atoms with Crippen LogP contribution in [0.5, 0.6) is 0 Å². The Hall–Kier alpha value is -1.76. The molecular formula is C20H18INO3. The molecule has 0 N–H and O–H groups in total. The number of benzene rings is 1. The van der Waals surface area contributed by atoms with Crippen LogP contribution in [-0.2, 0) is 14.4 Å². The molecule has 3 aliphatic rings. The van der Waals surface area contributed by atoms with Crippen LogP contribution in [0.15, 0.2) is 39.5 Å². The molecule has 0 aromatic heterocycles. The lowest BCUT2D eigenvalue weighted by molar-refractivity contribution is -0.129. The molecule has 0 radical (unpaired) electrons. The number of rotatable bonds is 1. The third-order valence-corrected chi connectivity index (χ3v) is 6.79. The zero-order chi connectivity index (χ0) is 18.1. The maximum atomic E-state index is 13.0. The van der Waals surface area contributed by atoms with Crippen LogP contribution in [0.1, 0.15) is 25.0 Å². The Kier molecular flexibility index (Phi) is 3.58. The molecule has 0 bridgehead atoms. The summed E-state index contributed by atoms with van der Waals surface area (Å²) in [6.07, 6.45) is 1.87. The summed E-state index contributed by atoms with van der Waals surface area (Å²) < 4.78 is 0.648. The van der Waals surface area contributed by atoms with Crippen molar-refractivity contribution in [1.29, 1.82) is 0 Å². The van der Waals surface area contributed by atoms with Gasteiger partial charge in [-0.2, -0.15) is 0 Å². The van der Waals surface area contributed by atoms with Crippen molar-refractivity contribution < 1.29 is 14.4 Å². The van der Waals surface area contributed by atoms with Crippen molar-refractivity contribution in [3.63, 3.8) is 0 Å². The highest BCUT2D eigenvalue weighted by Gasteiger charge is 2.65. The fourth-order valence-corrected chi connectivity index (χ4v) is 5.74. The molecule has 4 rings (SSSR count). The summed E-state index contributed by atoms with van der Waals surface area (Å²) >= 11 is 2.10. The lowest BCUT2D eigenvalue weighted by Gasteiger charge is -2.42. The first-order valence-corrected chi connectivity index (χ1v) is 9.43. The maximum Gasteiger partial charge on any atom is 0.261 e. The van der Waals surface area contributed by atoms with Crippen LogP contribution in [0.4, 0.5) is 0 Å². The van der Waals surface area contributed by atoms with Gasteiger partial charge in [-0.05, 0) is 59.2 Å². The molecule has 4 nitrogen and oxygen atoms in total. The summed E-state index contributed by atoms with van der Waals surface area (Å²) in [5.41, 5.74) is 2.73. The molecule has 25 heavy (non-hydrogen) atoms. The van der Waals surface area contributed by atoms with Crippen LogP contribution >= 0.6 is 22.6 Å². The van der Waals surface area contributed by atoms with Crippen molar-refractivity contribution in [2.75, 3.05) is 6.54 Å². The fourth-order valence-electron chi connectivity index (χ4n) is 4.73. The Balaban J connectivity index is 2.07. The van der Waals surface area contributed by atoms with Gasteiger partial charge in [-0.1, -0.05) is 31.2 Å². The van der Waals surface area contributed by atoms with Crippen molar-refractivity contribution in [1.82, 2.24) is 4.90 Å². The minimum atomic E-state index is -0.825. The van der Waals surface area contributed by atoms with E-state index in [1.807, 2.05) is 44.2 Å². The lowest BCUT2D eigenvalue weighted by atomic mass is 9.65. The number of Topliss-reactive ketones (excluding diaryl/α,β-unsaturated/α-hetero) is 2. The standard InChI is InChI=1S/C20H18INO3/c1-10-6-4-5-7-13(10)16-17(21)19(25)22-9-14(23)15-12(3)18(24)11(2)8-20(15,16)22/h4-8,12,15H,9H2,1-3H3/t12-,15+,20+/m1/s1. The number of carbonyl (C=O) groups excluding carboxylic acids is 3. The molecule has 0 unspecified atom stereocenters. The molecule has 0 saturated carbocycles. The second-order valence-corrected chi connectivity index (χ2v) is 8.22. The molecule has 2 heterocycles. The largest absolute Gasteiger partial charge is 0.317 e. The van der Waals surface area contributed by atoms with Crippen LogP contribution in [0.3, 0.4) is 0 Å². The van der Waals surface area contributed by atoms with E-state index < -0.39 is 17.4 Å². The molecule has 2 aliphatic heterocycles. The number of hydrogen-bond donors (Lipinski definition) is 0. The van der Waals surface area contributed by atoms with Gasteiger partial charge >= 0.3 is 0 Å². The van der Waals surface area contributed by atoms with E-state index in [1.54, 1.807) is 11.8 Å². The zero-order valence-corrected chi connectivity index (χ0v) is 16.5. The number of ketones is 2. The monoisotopic (exact) mass is 447 g/mol. The summed E-state index contributed by atoms with van der Waals surface area (Å²) in [6.45, 7) is 5.69. The van der Waals surface area contributed by atoms with E-state index in [0.717, 1.165) is 16.7 Å². The van der Waals surface area contributed by atoms with E-state index in [-0.39, 0.29) is 24.0 Å². The van der Waals surface area contributed by atoms with Gasteiger partial charge in [0.2, 0.25) is 0 Å². The third kappa shape index (κ3) is 1.96. The first kappa shape index (κ1) is 16.7. The number of aryl methyl sites for hydroxylation is 1. The van der Waals surface area contributed by atoms with Crippen molar-refractivity contribution in [3.05, 3.63) is 50.6 Å². The van der Waals surface area contributed by atoms with Crippen LogP contribution in [-0.4, -0.2) is 34.5 Å². The highest BCUT2D eigenvalue weighted by Crippen LogP contribution is 2.57. The summed E-state index contributed by atoms with van der Waals surface area (Å²) in [6, 6.07) is 7.92. The Morgan fingerprint density at radius 3 is 2.52 bits per heavy atom. The molecular weight excluding hydrogens is 429 g/mol. The minimum absolute atomic E-state index is 0.00400. The number of halogens is 1. The molecule has 1 aromatic carbocycles. The average molecular weight is 447 g/mol. The highest BCUT2D eigenvalue weighted by molar-refractivity contribution is 14.1. The highest BCUT2D eigenvalue weighted by atomic mass is 127. The van der Waals surface area contributed by atoms with E-state index in [0.29, 0.717) is 9.15 Å². The van der Waals surface area contributed by atoms with Gasteiger partial charge in [-0.25, -0.2) is 0 Å². The van der Waals surface area contributed by atoms with E-state index in [4.69, 9.17) is 0 Å². The van der Waals surface area contributed by atoms with Crippen molar-refractivity contribution >= 4 is 45.6 Å². The number of carbonyl (C=O) groups is 3. The fraction of sp³-hybridized carbons (Fsp3) is 0.350. The van der Waals surface area contributed by atoms with Crippen LogP contribution in [0, 0.1) is 18.8 Å². The predicted octanol–water partition coefficient (Wildman–Crippen LogP) is 3.09. The van der Waals surface area contributed by atoms with Gasteiger partial charge in [0.1, 0.15) is 5.54 Å². The minimum Gasteiger partial charge on any atom is -0.317 e. The molecule has 1 aromatic rings. The summed E-state index contributed by atoms with van der Waals surface area (Å²) in [7, 11) is 0. The van der Waals surface area contributed by atoms with Crippen molar-refractivity contribution in [2.45, 2.75) is 26.3 Å². The topological polar surface area (TPSA) is 54.5 Å². The number of amides is 1. The van der Waals surface area contributed by atoms with E-state index in [9.17, 15) is 14.4 Å². The first-order valence-electron chi connectivity index (χ1n) is 8.35. The smallest absolute Gasteiger partial charge is 0.261 e. The van der Waals surface area contributed by atoms with Crippen molar-refractivity contribution in [2.24, 2.45) is 11.8 Å². The Morgan fingerprint density at radius 2 is 1.84 bits per heavy atom. The van der Waals surface area contributed by atoms with E-state index in [2.05, 4.69) is 22.6 Å². The number of hydrogen-bond acceptors (Lipinski definition) is 3. The third-order valence-electron chi connectivity index (χ3n) is 5.79. The first-order chi connectivity index (χ1) is 11.8. The summed E-state index contributed by atoms with van der Waals surface area (Å²) in [5.74, 6) is -1.05. The molecule has 1 saturated heterocycles. The van der Waals surface area contributed by atoms with E-state index in [1.165, 1.54) is 0 Å². The maximum absolute atomic E-state index is 13.0. The molecule has 1 spiro atoms. The molecule has 1 fully saturated rings. The quantitative estimate of drug-likeness (QED) is 0.622. The van der Waals surface area contributed by atoms with Gasteiger partial charge in [-0.3, -0.25) is 14.4 Å². The summed E-state index contributed by atoms with van der Waals surface area (Å²) in [5, 5.41) is 0. The van der Waals surface area contributed by atoms with Gasteiger partial charge < -0.3 is 4.90 Å². The average Bonchev–Trinajstić information content (AvgIpc) is 2.96. The second kappa shape index (κ2) is 5.37. The van der Waals surface area contributed by atoms with Crippen LogP contribution in [0.2, 0.25) is 0 Å². The molecule has 128 valence electrons. The van der Waals surface area contributed by atoms with Gasteiger partial charge in [0, 0.05) is 11.5 Å². The molecule has 1 aliphatic carbocycles. The SMILES string of the molecule is CC1=C[C@]23C(c4ccccc4C)=C(I)C(=O)N2CC(=O)[C@@H]3[C@@H](C)C1=O. The van der Waals surface area contributed by atoms with Gasteiger partial charge in [0.25, 0.3) is 5.91 Å².